The molecule has 0 saturated heterocycles. The molecule has 0 radical (unpaired) electrons. The standard InChI is InChI=1S/C14H12ClN3O3S/c15-9-14(19)17-16-10-5-1-3-7-12(10)22-13-8-4-2-6-11(13)18(20)21/h1-8,16H,9H2,(H,17,19). The van der Waals surface area contributed by atoms with Crippen molar-refractivity contribution in [2.45, 2.75) is 9.79 Å². The number of nitrogens with zero attached hydrogens (tertiary/aromatic N) is 1. The molecule has 2 N–H and O–H groups in total. The van der Waals surface area contributed by atoms with Crippen LogP contribution >= 0.6 is 23.4 Å². The summed E-state index contributed by atoms with van der Waals surface area (Å²) in [5, 5.41) is 11.1. The Balaban J connectivity index is 2.23. The number of hydrogen-bond acceptors (Lipinski definition) is 5. The Morgan fingerprint density at radius 3 is 2.45 bits per heavy atom. The predicted octanol–water partition coefficient (Wildman–Crippen LogP) is 3.43. The summed E-state index contributed by atoms with van der Waals surface area (Å²) < 4.78 is 0. The maximum atomic E-state index is 11.2. The van der Waals surface area contributed by atoms with E-state index in [-0.39, 0.29) is 17.5 Å². The van der Waals surface area contributed by atoms with Crippen molar-refractivity contribution in [2.75, 3.05) is 11.3 Å². The average molecular weight is 338 g/mol. The number of alkyl halides is 1. The third-order valence-corrected chi connectivity index (χ3v) is 4.01. The number of carbonyl (C=O) groups is 1. The Bertz CT molecular complexity index is 697. The van der Waals surface area contributed by atoms with Gasteiger partial charge < -0.3 is 0 Å². The van der Waals surface area contributed by atoms with Gasteiger partial charge in [0.15, 0.2) is 0 Å². The maximum absolute atomic E-state index is 11.2. The van der Waals surface area contributed by atoms with Gasteiger partial charge in [0.2, 0.25) is 0 Å². The van der Waals surface area contributed by atoms with Crippen molar-refractivity contribution < 1.29 is 9.72 Å². The Morgan fingerprint density at radius 2 is 1.77 bits per heavy atom. The quantitative estimate of drug-likeness (QED) is 0.479. The number of para-hydroxylation sites is 2. The molecule has 2 aromatic carbocycles. The molecule has 0 aliphatic rings. The van der Waals surface area contributed by atoms with Crippen molar-refractivity contribution in [3.05, 3.63) is 58.6 Å². The summed E-state index contributed by atoms with van der Waals surface area (Å²) >= 11 is 6.65. The van der Waals surface area contributed by atoms with E-state index in [2.05, 4.69) is 10.9 Å². The third kappa shape index (κ3) is 4.12. The predicted molar refractivity (Wildman–Crippen MR) is 86.1 cm³/mol. The average Bonchev–Trinajstić information content (AvgIpc) is 2.54. The first-order chi connectivity index (χ1) is 10.6. The molecule has 0 heterocycles. The second-order valence-corrected chi connectivity index (χ2v) is 5.48. The van der Waals surface area contributed by atoms with E-state index < -0.39 is 4.92 Å². The summed E-state index contributed by atoms with van der Waals surface area (Å²) in [6.07, 6.45) is 0. The molecule has 0 bridgehead atoms. The molecule has 22 heavy (non-hydrogen) atoms. The SMILES string of the molecule is O=C(CCl)NNc1ccccc1Sc1ccccc1[N+](=O)[O-]. The zero-order valence-corrected chi connectivity index (χ0v) is 12.9. The van der Waals surface area contributed by atoms with E-state index in [0.717, 1.165) is 4.90 Å². The monoisotopic (exact) mass is 337 g/mol. The van der Waals surface area contributed by atoms with Crippen molar-refractivity contribution in [1.29, 1.82) is 0 Å². The van der Waals surface area contributed by atoms with Crippen LogP contribution in [0, 0.1) is 10.1 Å². The third-order valence-electron chi connectivity index (χ3n) is 2.63. The van der Waals surface area contributed by atoms with Crippen LogP contribution in [0.15, 0.2) is 58.3 Å². The van der Waals surface area contributed by atoms with Crippen LogP contribution in [0.3, 0.4) is 0 Å². The molecule has 114 valence electrons. The van der Waals surface area contributed by atoms with Gasteiger partial charge in [-0.2, -0.15) is 0 Å². The molecule has 0 fully saturated rings. The number of hydrogen-bond donors (Lipinski definition) is 2. The first kappa shape index (κ1) is 16.1. The Kier molecular flexibility index (Phi) is 5.62. The number of nitrogens with one attached hydrogen (secondary N) is 2. The molecule has 1 amide bonds. The van der Waals surface area contributed by atoms with Crippen molar-refractivity contribution in [3.8, 4) is 0 Å². The van der Waals surface area contributed by atoms with Gasteiger partial charge in [-0.15, -0.1) is 11.6 Å². The largest absolute Gasteiger partial charge is 0.297 e. The van der Waals surface area contributed by atoms with Gasteiger partial charge in [-0.05, 0) is 18.2 Å². The molecule has 8 heteroatoms. The zero-order valence-electron chi connectivity index (χ0n) is 11.3. The Labute approximate surface area is 136 Å². The minimum Gasteiger partial charge on any atom is -0.297 e. The van der Waals surface area contributed by atoms with E-state index in [1.807, 2.05) is 6.07 Å². The van der Waals surface area contributed by atoms with E-state index in [1.54, 1.807) is 36.4 Å². The van der Waals surface area contributed by atoms with Gasteiger partial charge in [-0.25, -0.2) is 0 Å². The first-order valence-corrected chi connectivity index (χ1v) is 7.58. The number of carbonyl (C=O) groups excluding carboxylic acids is 1. The summed E-state index contributed by atoms with van der Waals surface area (Å²) in [7, 11) is 0. The summed E-state index contributed by atoms with van der Waals surface area (Å²) in [6.45, 7) is 0. The van der Waals surface area contributed by atoms with E-state index in [9.17, 15) is 14.9 Å². The Hall–Kier alpha value is -2.25. The lowest BCUT2D eigenvalue weighted by atomic mass is 10.3. The smallest absolute Gasteiger partial charge is 0.283 e. The van der Waals surface area contributed by atoms with E-state index >= 15 is 0 Å². The highest BCUT2D eigenvalue weighted by molar-refractivity contribution is 7.99. The van der Waals surface area contributed by atoms with Crippen LogP contribution in [0.4, 0.5) is 11.4 Å². The second kappa shape index (κ2) is 7.67. The van der Waals surface area contributed by atoms with Gasteiger partial charge in [0.05, 0.1) is 15.5 Å². The fourth-order valence-electron chi connectivity index (χ4n) is 1.64. The van der Waals surface area contributed by atoms with E-state index in [1.165, 1.54) is 17.8 Å². The Morgan fingerprint density at radius 1 is 1.14 bits per heavy atom. The van der Waals surface area contributed by atoms with Crippen molar-refractivity contribution in [1.82, 2.24) is 5.43 Å². The highest BCUT2D eigenvalue weighted by atomic mass is 35.5. The summed E-state index contributed by atoms with van der Waals surface area (Å²) in [5.74, 6) is -0.529. The number of rotatable bonds is 6. The molecule has 0 aliphatic carbocycles. The van der Waals surface area contributed by atoms with Gasteiger partial charge in [0.25, 0.3) is 11.6 Å². The molecular weight excluding hydrogens is 326 g/mol. The van der Waals surface area contributed by atoms with E-state index in [0.29, 0.717) is 10.6 Å². The van der Waals surface area contributed by atoms with Crippen molar-refractivity contribution in [2.24, 2.45) is 0 Å². The highest BCUT2D eigenvalue weighted by Gasteiger charge is 2.15. The first-order valence-electron chi connectivity index (χ1n) is 6.23. The molecule has 2 rings (SSSR count). The molecule has 0 aromatic heterocycles. The summed E-state index contributed by atoms with van der Waals surface area (Å²) in [5.41, 5.74) is 5.87. The highest BCUT2D eigenvalue weighted by Crippen LogP contribution is 2.37. The number of nitro benzene ring substituents is 1. The topological polar surface area (TPSA) is 84.3 Å². The molecule has 6 nitrogen and oxygen atoms in total. The molecular formula is C14H12ClN3O3S. The van der Waals surface area contributed by atoms with Gasteiger partial charge in [-0.3, -0.25) is 25.8 Å². The van der Waals surface area contributed by atoms with Crippen LogP contribution in [0.1, 0.15) is 0 Å². The number of amides is 1. The molecule has 0 saturated carbocycles. The minimum atomic E-state index is -0.423. The van der Waals surface area contributed by atoms with Crippen LogP contribution in [-0.4, -0.2) is 16.7 Å². The van der Waals surface area contributed by atoms with Crippen molar-refractivity contribution >= 4 is 40.6 Å². The van der Waals surface area contributed by atoms with Crippen LogP contribution in [0.5, 0.6) is 0 Å². The maximum Gasteiger partial charge on any atom is 0.283 e. The van der Waals surface area contributed by atoms with Crippen LogP contribution in [0.2, 0.25) is 0 Å². The van der Waals surface area contributed by atoms with Crippen LogP contribution < -0.4 is 10.9 Å². The summed E-state index contributed by atoms with van der Waals surface area (Å²) in [4.78, 5) is 23.1. The number of nitro groups is 1. The normalized spacial score (nSPS) is 10.0. The minimum absolute atomic E-state index is 0.0343. The number of halogens is 1. The lowest BCUT2D eigenvalue weighted by molar-refractivity contribution is -0.387. The van der Waals surface area contributed by atoms with Crippen LogP contribution in [-0.2, 0) is 4.79 Å². The number of benzene rings is 2. The van der Waals surface area contributed by atoms with Gasteiger partial charge in [0, 0.05) is 11.0 Å². The molecule has 2 aromatic rings. The number of anilines is 1. The zero-order chi connectivity index (χ0) is 15.9. The molecule has 0 atom stereocenters. The van der Waals surface area contributed by atoms with Crippen LogP contribution in [0.25, 0.3) is 0 Å². The lowest BCUT2D eigenvalue weighted by Gasteiger charge is -2.12. The van der Waals surface area contributed by atoms with Gasteiger partial charge in [0.1, 0.15) is 5.88 Å². The molecule has 0 spiro atoms. The lowest BCUT2D eigenvalue weighted by Crippen LogP contribution is -2.30. The van der Waals surface area contributed by atoms with E-state index in [4.69, 9.17) is 11.6 Å². The molecule has 0 unspecified atom stereocenters. The molecule has 0 aliphatic heterocycles. The fourth-order valence-corrected chi connectivity index (χ4v) is 2.72. The fraction of sp³-hybridized carbons (Fsp3) is 0.0714. The summed E-state index contributed by atoms with van der Waals surface area (Å²) in [6, 6.07) is 13.6. The van der Waals surface area contributed by atoms with Crippen molar-refractivity contribution in [3.63, 3.8) is 0 Å². The second-order valence-electron chi connectivity index (χ2n) is 4.13. The number of hydrazine groups is 1. The van der Waals surface area contributed by atoms with Gasteiger partial charge >= 0.3 is 0 Å². The van der Waals surface area contributed by atoms with Gasteiger partial charge in [-0.1, -0.05) is 36.0 Å².